The van der Waals surface area contributed by atoms with E-state index in [1.54, 1.807) is 13.0 Å². The molecule has 0 heterocycles. The summed E-state index contributed by atoms with van der Waals surface area (Å²) in [6.45, 7) is 1.63. The molecule has 0 radical (unpaired) electrons. The van der Waals surface area contributed by atoms with Crippen LogP contribution in [0.4, 0.5) is 18.9 Å². The van der Waals surface area contributed by atoms with Crippen molar-refractivity contribution >= 4 is 5.69 Å². The van der Waals surface area contributed by atoms with Gasteiger partial charge in [-0.05, 0) is 31.9 Å². The van der Waals surface area contributed by atoms with Crippen LogP contribution in [0.5, 0.6) is 0 Å². The van der Waals surface area contributed by atoms with Gasteiger partial charge in [0.2, 0.25) is 0 Å². The maximum atomic E-state index is 12.7. The predicted molar refractivity (Wildman–Crippen MR) is 58.7 cm³/mol. The first-order valence-corrected chi connectivity index (χ1v) is 5.46. The Morgan fingerprint density at radius 3 is 2.47 bits per heavy atom. The number of para-hydroxylation sites is 1. The van der Waals surface area contributed by atoms with Crippen molar-refractivity contribution < 1.29 is 18.3 Å². The van der Waals surface area contributed by atoms with Crippen LogP contribution in [0.15, 0.2) is 24.3 Å². The van der Waals surface area contributed by atoms with E-state index in [4.69, 9.17) is 0 Å². The van der Waals surface area contributed by atoms with E-state index in [0.29, 0.717) is 12.8 Å². The molecule has 2 atom stereocenters. The van der Waals surface area contributed by atoms with Gasteiger partial charge >= 0.3 is 6.18 Å². The van der Waals surface area contributed by atoms with E-state index in [1.165, 1.54) is 12.1 Å². The summed E-state index contributed by atoms with van der Waals surface area (Å²) in [5.74, 6) is 0. The van der Waals surface area contributed by atoms with Gasteiger partial charge in [-0.25, -0.2) is 0 Å². The Labute approximate surface area is 97.5 Å². The van der Waals surface area contributed by atoms with Gasteiger partial charge in [-0.2, -0.15) is 13.2 Å². The van der Waals surface area contributed by atoms with Gasteiger partial charge in [-0.15, -0.1) is 0 Å². The summed E-state index contributed by atoms with van der Waals surface area (Å²) in [6, 6.07) is 5.01. The molecular weight excluding hydrogens is 231 g/mol. The van der Waals surface area contributed by atoms with Crippen LogP contribution in [-0.2, 0) is 6.18 Å². The van der Waals surface area contributed by atoms with E-state index < -0.39 is 17.3 Å². The Morgan fingerprint density at radius 2 is 2.00 bits per heavy atom. The van der Waals surface area contributed by atoms with Gasteiger partial charge in [0.1, 0.15) is 0 Å². The minimum Gasteiger partial charge on any atom is -0.388 e. The molecule has 0 aliphatic heterocycles. The average molecular weight is 245 g/mol. The van der Waals surface area contributed by atoms with Crippen LogP contribution >= 0.6 is 0 Å². The maximum absolute atomic E-state index is 12.7. The molecule has 1 saturated carbocycles. The Balaban J connectivity index is 2.22. The zero-order chi connectivity index (χ0) is 12.7. The summed E-state index contributed by atoms with van der Waals surface area (Å²) in [6.07, 6.45) is -3.09. The third-order valence-electron chi connectivity index (χ3n) is 3.25. The van der Waals surface area contributed by atoms with Gasteiger partial charge < -0.3 is 10.4 Å². The lowest BCUT2D eigenvalue weighted by atomic mass is 9.76. The SMILES string of the molecule is C[C@]1(O)CC[C@@H]1Nc1ccccc1C(F)(F)F. The van der Waals surface area contributed by atoms with E-state index in [2.05, 4.69) is 5.32 Å². The van der Waals surface area contributed by atoms with Crippen molar-refractivity contribution in [2.45, 2.75) is 37.6 Å². The van der Waals surface area contributed by atoms with E-state index in [-0.39, 0.29) is 11.7 Å². The van der Waals surface area contributed by atoms with Crippen LogP contribution < -0.4 is 5.32 Å². The number of aliphatic hydroxyl groups is 1. The second kappa shape index (κ2) is 3.91. The fourth-order valence-electron chi connectivity index (χ4n) is 1.98. The summed E-state index contributed by atoms with van der Waals surface area (Å²) < 4.78 is 38.1. The number of halogens is 3. The van der Waals surface area contributed by atoms with Crippen LogP contribution in [0.25, 0.3) is 0 Å². The van der Waals surface area contributed by atoms with Crippen LogP contribution in [0.1, 0.15) is 25.3 Å². The van der Waals surface area contributed by atoms with Crippen LogP contribution in [0, 0.1) is 0 Å². The van der Waals surface area contributed by atoms with Crippen molar-refractivity contribution in [2.75, 3.05) is 5.32 Å². The average Bonchev–Trinajstić information content (AvgIpc) is 2.24. The Bertz CT molecular complexity index is 414. The number of hydrogen-bond donors (Lipinski definition) is 2. The highest BCUT2D eigenvalue weighted by Gasteiger charge is 2.42. The molecule has 1 aliphatic rings. The van der Waals surface area contributed by atoms with Crippen molar-refractivity contribution in [1.29, 1.82) is 0 Å². The lowest BCUT2D eigenvalue weighted by Gasteiger charge is -2.43. The topological polar surface area (TPSA) is 32.3 Å². The molecule has 0 saturated heterocycles. The fourth-order valence-corrected chi connectivity index (χ4v) is 1.98. The third-order valence-corrected chi connectivity index (χ3v) is 3.25. The van der Waals surface area contributed by atoms with Crippen LogP contribution in [0.3, 0.4) is 0 Å². The molecule has 1 aromatic rings. The van der Waals surface area contributed by atoms with Gasteiger partial charge in [0.05, 0.1) is 17.2 Å². The Hall–Kier alpha value is -1.23. The van der Waals surface area contributed by atoms with Crippen molar-refractivity contribution in [3.63, 3.8) is 0 Å². The predicted octanol–water partition coefficient (Wildman–Crippen LogP) is 3.03. The lowest BCUT2D eigenvalue weighted by Crippen LogP contribution is -2.53. The molecule has 5 heteroatoms. The van der Waals surface area contributed by atoms with E-state index in [9.17, 15) is 18.3 Å². The van der Waals surface area contributed by atoms with Crippen molar-refractivity contribution in [1.82, 2.24) is 0 Å². The first kappa shape index (κ1) is 12.2. The summed E-state index contributed by atoms with van der Waals surface area (Å²) in [4.78, 5) is 0. The molecule has 0 bridgehead atoms. The van der Waals surface area contributed by atoms with Gasteiger partial charge in [-0.1, -0.05) is 12.1 Å². The number of benzene rings is 1. The van der Waals surface area contributed by atoms with Gasteiger partial charge in [0.15, 0.2) is 0 Å². The molecular formula is C12H14F3NO. The quantitative estimate of drug-likeness (QED) is 0.839. The number of nitrogens with one attached hydrogen (secondary N) is 1. The molecule has 0 spiro atoms. The second-order valence-corrected chi connectivity index (χ2v) is 4.64. The van der Waals surface area contributed by atoms with E-state index >= 15 is 0 Å². The molecule has 1 aromatic carbocycles. The van der Waals surface area contributed by atoms with Gasteiger partial charge in [-0.3, -0.25) is 0 Å². The number of rotatable bonds is 2. The normalized spacial score (nSPS) is 28.6. The third kappa shape index (κ3) is 2.39. The first-order chi connectivity index (χ1) is 7.81. The minimum atomic E-state index is -4.38. The van der Waals surface area contributed by atoms with Crippen LogP contribution in [0.2, 0.25) is 0 Å². The van der Waals surface area contributed by atoms with Crippen LogP contribution in [-0.4, -0.2) is 16.7 Å². The minimum absolute atomic E-state index is 0.0324. The van der Waals surface area contributed by atoms with Crippen molar-refractivity contribution in [2.24, 2.45) is 0 Å². The number of alkyl halides is 3. The molecule has 0 aromatic heterocycles. The van der Waals surface area contributed by atoms with Crippen molar-refractivity contribution in [3.05, 3.63) is 29.8 Å². The highest BCUT2D eigenvalue weighted by Crippen LogP contribution is 2.39. The molecule has 0 unspecified atom stereocenters. The summed E-state index contributed by atoms with van der Waals surface area (Å²) in [7, 11) is 0. The highest BCUT2D eigenvalue weighted by atomic mass is 19.4. The van der Waals surface area contributed by atoms with Crippen molar-refractivity contribution in [3.8, 4) is 0 Å². The molecule has 94 valence electrons. The molecule has 2 nitrogen and oxygen atoms in total. The fraction of sp³-hybridized carbons (Fsp3) is 0.500. The zero-order valence-corrected chi connectivity index (χ0v) is 9.38. The first-order valence-electron chi connectivity index (χ1n) is 5.46. The van der Waals surface area contributed by atoms with Gasteiger partial charge in [0.25, 0.3) is 0 Å². The standard InChI is InChI=1S/C12H14F3NO/c1-11(17)7-6-10(11)16-9-5-3-2-4-8(9)12(13,14)15/h2-5,10,16-17H,6-7H2,1H3/t10-,11-/m0/s1. The number of hydrogen-bond acceptors (Lipinski definition) is 2. The maximum Gasteiger partial charge on any atom is 0.418 e. The zero-order valence-electron chi connectivity index (χ0n) is 9.38. The summed E-state index contributed by atoms with van der Waals surface area (Å²) in [5.41, 5.74) is -1.58. The Kier molecular flexibility index (Phi) is 2.81. The number of anilines is 1. The lowest BCUT2D eigenvalue weighted by molar-refractivity contribution is -0.137. The molecule has 2 N–H and O–H groups in total. The second-order valence-electron chi connectivity index (χ2n) is 4.64. The highest BCUT2D eigenvalue weighted by molar-refractivity contribution is 5.54. The molecule has 1 fully saturated rings. The smallest absolute Gasteiger partial charge is 0.388 e. The molecule has 2 rings (SSSR count). The summed E-state index contributed by atoms with van der Waals surface area (Å²) >= 11 is 0. The monoisotopic (exact) mass is 245 g/mol. The molecule has 1 aliphatic carbocycles. The molecule has 17 heavy (non-hydrogen) atoms. The largest absolute Gasteiger partial charge is 0.418 e. The van der Waals surface area contributed by atoms with E-state index in [0.717, 1.165) is 6.07 Å². The van der Waals surface area contributed by atoms with Gasteiger partial charge in [0, 0.05) is 5.69 Å². The summed E-state index contributed by atoms with van der Waals surface area (Å²) in [5, 5.41) is 12.6. The molecule has 0 amide bonds. The Morgan fingerprint density at radius 1 is 1.35 bits per heavy atom. The van der Waals surface area contributed by atoms with E-state index in [1.807, 2.05) is 0 Å².